The van der Waals surface area contributed by atoms with Gasteiger partial charge in [0.05, 0.1) is 23.0 Å². The minimum absolute atomic E-state index is 0.470. The summed E-state index contributed by atoms with van der Waals surface area (Å²) < 4.78 is 12.6. The summed E-state index contributed by atoms with van der Waals surface area (Å²) in [6.07, 6.45) is 1.73. The van der Waals surface area contributed by atoms with Crippen molar-refractivity contribution in [1.29, 1.82) is 0 Å². The molecule has 0 atom stereocenters. The lowest BCUT2D eigenvalue weighted by Gasteiger charge is -2.14. The highest BCUT2D eigenvalue weighted by Gasteiger charge is 2.12. The lowest BCUT2D eigenvalue weighted by atomic mass is 10.2. The number of ether oxygens (including phenoxy) is 2. The summed E-state index contributed by atoms with van der Waals surface area (Å²) in [5.41, 5.74) is 5.89. The largest absolute Gasteiger partial charge is 0.490 e. The Morgan fingerprint density at radius 1 is 1.22 bits per heavy atom. The number of anilines is 1. The Kier molecular flexibility index (Phi) is 6.84. The van der Waals surface area contributed by atoms with Crippen LogP contribution in [0.15, 0.2) is 57.4 Å². The van der Waals surface area contributed by atoms with Gasteiger partial charge in [-0.15, -0.1) is 11.3 Å². The maximum Gasteiger partial charge on any atom is 0.203 e. The lowest BCUT2D eigenvalue weighted by molar-refractivity contribution is 0.267. The molecular formula is C20H20BrN3O2S. The summed E-state index contributed by atoms with van der Waals surface area (Å²) in [5.74, 6) is 1.36. The second-order valence-electron chi connectivity index (χ2n) is 5.70. The predicted octanol–water partition coefficient (Wildman–Crippen LogP) is 5.64. The van der Waals surface area contributed by atoms with Crippen molar-refractivity contribution in [3.63, 3.8) is 0 Å². The number of hydrogen-bond donors (Lipinski definition) is 1. The molecular weight excluding hydrogens is 426 g/mol. The third kappa shape index (κ3) is 5.55. The maximum absolute atomic E-state index is 6.00. The fraction of sp³-hybridized carbons (Fsp3) is 0.200. The topological polar surface area (TPSA) is 55.7 Å². The molecule has 140 valence electrons. The Labute approximate surface area is 171 Å². The first-order valence-corrected chi connectivity index (χ1v) is 10.2. The van der Waals surface area contributed by atoms with Crippen molar-refractivity contribution in [2.24, 2.45) is 5.10 Å². The van der Waals surface area contributed by atoms with E-state index in [0.717, 1.165) is 26.4 Å². The third-order valence-electron chi connectivity index (χ3n) is 3.55. The van der Waals surface area contributed by atoms with Crippen molar-refractivity contribution >= 4 is 38.6 Å². The van der Waals surface area contributed by atoms with Gasteiger partial charge in [0.2, 0.25) is 5.13 Å². The first kappa shape index (κ1) is 19.4. The zero-order chi connectivity index (χ0) is 19.1. The molecule has 27 heavy (non-hydrogen) atoms. The number of aromatic nitrogens is 1. The summed E-state index contributed by atoms with van der Waals surface area (Å²) in [4.78, 5) is 4.31. The van der Waals surface area contributed by atoms with E-state index in [4.69, 9.17) is 9.47 Å². The van der Waals surface area contributed by atoms with Gasteiger partial charge in [-0.1, -0.05) is 30.3 Å². The number of nitrogens with zero attached hydrogens (tertiary/aromatic N) is 2. The Bertz CT molecular complexity index is 913. The van der Waals surface area contributed by atoms with Crippen LogP contribution in [0.1, 0.15) is 23.7 Å². The van der Waals surface area contributed by atoms with Crippen molar-refractivity contribution in [1.82, 2.24) is 4.98 Å². The van der Waals surface area contributed by atoms with E-state index in [0.29, 0.717) is 24.7 Å². The van der Waals surface area contributed by atoms with E-state index in [1.807, 2.05) is 61.7 Å². The minimum Gasteiger partial charge on any atom is -0.490 e. The van der Waals surface area contributed by atoms with Gasteiger partial charge < -0.3 is 9.47 Å². The summed E-state index contributed by atoms with van der Waals surface area (Å²) in [6, 6.07) is 13.9. The predicted molar refractivity (Wildman–Crippen MR) is 114 cm³/mol. The van der Waals surface area contributed by atoms with Crippen molar-refractivity contribution in [3.8, 4) is 11.5 Å². The van der Waals surface area contributed by atoms with Crippen LogP contribution in [-0.4, -0.2) is 17.8 Å². The van der Waals surface area contributed by atoms with Gasteiger partial charge in [-0.25, -0.2) is 4.98 Å². The van der Waals surface area contributed by atoms with E-state index in [9.17, 15) is 0 Å². The molecule has 0 aliphatic carbocycles. The van der Waals surface area contributed by atoms with Crippen molar-refractivity contribution in [2.45, 2.75) is 20.5 Å². The number of nitrogens with one attached hydrogen (secondary N) is 1. The fourth-order valence-electron chi connectivity index (χ4n) is 2.36. The van der Waals surface area contributed by atoms with Crippen molar-refractivity contribution in [3.05, 3.63) is 69.1 Å². The summed E-state index contributed by atoms with van der Waals surface area (Å²) in [6.45, 7) is 4.91. The molecule has 0 amide bonds. The smallest absolute Gasteiger partial charge is 0.203 e. The Hall–Kier alpha value is -2.38. The van der Waals surface area contributed by atoms with Gasteiger partial charge in [0.25, 0.3) is 0 Å². The highest BCUT2D eigenvalue weighted by atomic mass is 79.9. The maximum atomic E-state index is 6.00. The third-order valence-corrected chi connectivity index (χ3v) is 5.00. The molecule has 7 heteroatoms. The van der Waals surface area contributed by atoms with E-state index in [1.165, 1.54) is 11.3 Å². The average molecular weight is 446 g/mol. The van der Waals surface area contributed by atoms with Crippen LogP contribution in [0.4, 0.5) is 5.13 Å². The first-order valence-electron chi connectivity index (χ1n) is 8.50. The number of hydrazone groups is 1. The van der Waals surface area contributed by atoms with Gasteiger partial charge in [0.15, 0.2) is 11.5 Å². The van der Waals surface area contributed by atoms with Gasteiger partial charge in [0.1, 0.15) is 6.61 Å². The van der Waals surface area contributed by atoms with Crippen LogP contribution >= 0.6 is 27.3 Å². The minimum atomic E-state index is 0.470. The van der Waals surface area contributed by atoms with E-state index in [2.05, 4.69) is 31.4 Å². The van der Waals surface area contributed by atoms with Crippen molar-refractivity contribution < 1.29 is 9.47 Å². The molecule has 1 heterocycles. The highest BCUT2D eigenvalue weighted by Crippen LogP contribution is 2.37. The Morgan fingerprint density at radius 2 is 2.04 bits per heavy atom. The van der Waals surface area contributed by atoms with Gasteiger partial charge in [-0.2, -0.15) is 5.10 Å². The molecule has 0 unspecified atom stereocenters. The fourth-order valence-corrected chi connectivity index (χ4v) is 3.57. The molecule has 0 bridgehead atoms. The molecule has 2 aromatic carbocycles. The normalized spacial score (nSPS) is 10.9. The van der Waals surface area contributed by atoms with Gasteiger partial charge in [-0.05, 0) is 53.0 Å². The molecule has 0 aliphatic heterocycles. The van der Waals surface area contributed by atoms with E-state index >= 15 is 0 Å². The van der Waals surface area contributed by atoms with E-state index in [1.54, 1.807) is 6.21 Å². The molecule has 3 aromatic rings. The highest BCUT2D eigenvalue weighted by molar-refractivity contribution is 9.10. The van der Waals surface area contributed by atoms with Crippen LogP contribution in [0.2, 0.25) is 0 Å². The molecule has 0 saturated carbocycles. The summed E-state index contributed by atoms with van der Waals surface area (Å²) in [7, 11) is 0. The molecule has 0 saturated heterocycles. The molecule has 0 fully saturated rings. The molecule has 1 aromatic heterocycles. The van der Waals surface area contributed by atoms with Gasteiger partial charge in [0, 0.05) is 5.38 Å². The molecule has 3 rings (SSSR count). The SMILES string of the molecule is CCOc1cc(C=NNc2nc(C)cs2)cc(Br)c1OCc1ccccc1. The molecule has 1 N–H and O–H groups in total. The van der Waals surface area contributed by atoms with Crippen LogP contribution in [0.25, 0.3) is 0 Å². The molecule has 0 aliphatic rings. The zero-order valence-corrected chi connectivity index (χ0v) is 17.5. The summed E-state index contributed by atoms with van der Waals surface area (Å²) in [5, 5.41) is 6.98. The van der Waals surface area contributed by atoms with Crippen LogP contribution in [0.3, 0.4) is 0 Å². The van der Waals surface area contributed by atoms with Crippen LogP contribution in [0, 0.1) is 6.92 Å². The number of hydrogen-bond acceptors (Lipinski definition) is 6. The van der Waals surface area contributed by atoms with Gasteiger partial charge >= 0.3 is 0 Å². The number of rotatable bonds is 8. The monoisotopic (exact) mass is 445 g/mol. The second kappa shape index (κ2) is 9.53. The van der Waals surface area contributed by atoms with Crippen LogP contribution in [0.5, 0.6) is 11.5 Å². The molecule has 0 spiro atoms. The van der Waals surface area contributed by atoms with Crippen LogP contribution < -0.4 is 14.9 Å². The first-order chi connectivity index (χ1) is 13.2. The number of thiazole rings is 1. The second-order valence-corrected chi connectivity index (χ2v) is 7.41. The van der Waals surface area contributed by atoms with E-state index < -0.39 is 0 Å². The van der Waals surface area contributed by atoms with Gasteiger partial charge in [-0.3, -0.25) is 5.43 Å². The van der Waals surface area contributed by atoms with Crippen molar-refractivity contribution in [2.75, 3.05) is 12.0 Å². The molecule has 0 radical (unpaired) electrons. The quantitative estimate of drug-likeness (QED) is 0.360. The van der Waals surface area contributed by atoms with Crippen LogP contribution in [-0.2, 0) is 6.61 Å². The average Bonchev–Trinajstić information content (AvgIpc) is 3.07. The lowest BCUT2D eigenvalue weighted by Crippen LogP contribution is -2.01. The van der Waals surface area contributed by atoms with E-state index in [-0.39, 0.29) is 0 Å². The number of halogens is 1. The zero-order valence-electron chi connectivity index (χ0n) is 15.1. The number of aryl methyl sites for hydroxylation is 1. The Balaban J connectivity index is 1.74. The standard InChI is InChI=1S/C20H20BrN3O2S/c1-3-25-18-10-16(11-22-24-20-23-14(2)13-27-20)9-17(21)19(18)26-12-15-7-5-4-6-8-15/h4-11,13H,3,12H2,1-2H3,(H,23,24). The summed E-state index contributed by atoms with van der Waals surface area (Å²) >= 11 is 5.10. The number of benzene rings is 2. The Morgan fingerprint density at radius 3 is 2.74 bits per heavy atom. The molecule has 5 nitrogen and oxygen atoms in total.